The standard InChI is InChI=1S/C17H23N3O2.HI/c1-4-11-18-17(19-14-5-6-14)20(2)12-13-22-16-9-7-15(21-3)8-10-16;/h1,7-10,14H,5-6,11-13H2,2-3H3,(H,18,19);1H. The lowest BCUT2D eigenvalue weighted by molar-refractivity contribution is 0.281. The number of nitrogens with zero attached hydrogens (tertiary/aromatic N) is 2. The van der Waals surface area contributed by atoms with Crippen LogP contribution in [0.4, 0.5) is 0 Å². The normalized spacial score (nSPS) is 13.5. The second kappa shape index (κ2) is 10.2. The Morgan fingerprint density at radius 1 is 1.35 bits per heavy atom. The molecule has 5 nitrogen and oxygen atoms in total. The lowest BCUT2D eigenvalue weighted by Gasteiger charge is -2.22. The fraction of sp³-hybridized carbons (Fsp3) is 0.471. The first-order valence-electron chi connectivity index (χ1n) is 7.45. The number of likely N-dealkylation sites (N-methyl/N-ethyl adjacent to an activating group) is 1. The zero-order valence-corrected chi connectivity index (χ0v) is 15.9. The van der Waals surface area contributed by atoms with Crippen molar-refractivity contribution in [1.29, 1.82) is 0 Å². The van der Waals surface area contributed by atoms with E-state index < -0.39 is 0 Å². The average Bonchev–Trinajstić information content (AvgIpc) is 3.36. The Bertz CT molecular complexity index is 536. The van der Waals surface area contributed by atoms with E-state index in [0.717, 1.165) is 24.0 Å². The summed E-state index contributed by atoms with van der Waals surface area (Å²) in [7, 11) is 3.64. The maximum Gasteiger partial charge on any atom is 0.194 e. The summed E-state index contributed by atoms with van der Waals surface area (Å²) in [6.07, 6.45) is 7.68. The number of hydrogen-bond acceptors (Lipinski definition) is 3. The minimum atomic E-state index is 0. The summed E-state index contributed by atoms with van der Waals surface area (Å²) < 4.78 is 10.9. The highest BCUT2D eigenvalue weighted by molar-refractivity contribution is 14.0. The van der Waals surface area contributed by atoms with Gasteiger partial charge < -0.3 is 19.7 Å². The van der Waals surface area contributed by atoms with Gasteiger partial charge in [-0.25, -0.2) is 4.99 Å². The van der Waals surface area contributed by atoms with E-state index in [-0.39, 0.29) is 24.0 Å². The van der Waals surface area contributed by atoms with Crippen molar-refractivity contribution in [3.63, 3.8) is 0 Å². The average molecular weight is 429 g/mol. The number of ether oxygens (including phenoxy) is 2. The number of rotatable bonds is 7. The third kappa shape index (κ3) is 6.99. The molecule has 0 bridgehead atoms. The predicted molar refractivity (Wildman–Crippen MR) is 104 cm³/mol. The molecule has 0 saturated heterocycles. The van der Waals surface area contributed by atoms with Crippen molar-refractivity contribution >= 4 is 29.9 Å². The topological polar surface area (TPSA) is 46.1 Å². The number of benzene rings is 1. The van der Waals surface area contributed by atoms with Crippen molar-refractivity contribution < 1.29 is 9.47 Å². The Morgan fingerprint density at radius 3 is 2.57 bits per heavy atom. The van der Waals surface area contributed by atoms with Crippen molar-refractivity contribution in [3.05, 3.63) is 24.3 Å². The van der Waals surface area contributed by atoms with E-state index >= 15 is 0 Å². The fourth-order valence-corrected chi connectivity index (χ4v) is 1.89. The summed E-state index contributed by atoms with van der Waals surface area (Å²) in [6, 6.07) is 8.10. The fourth-order valence-electron chi connectivity index (χ4n) is 1.89. The molecule has 1 aliphatic carbocycles. The predicted octanol–water partition coefficient (Wildman–Crippen LogP) is 2.37. The van der Waals surface area contributed by atoms with Crippen LogP contribution >= 0.6 is 24.0 Å². The van der Waals surface area contributed by atoms with Crippen LogP contribution in [0.3, 0.4) is 0 Å². The summed E-state index contributed by atoms with van der Waals surface area (Å²) in [6.45, 7) is 1.69. The lowest BCUT2D eigenvalue weighted by atomic mass is 10.3. The third-order valence-electron chi connectivity index (χ3n) is 3.35. The van der Waals surface area contributed by atoms with Gasteiger partial charge in [-0.1, -0.05) is 5.92 Å². The van der Waals surface area contributed by atoms with Gasteiger partial charge in [-0.15, -0.1) is 30.4 Å². The van der Waals surface area contributed by atoms with Gasteiger partial charge in [0.25, 0.3) is 0 Å². The molecular formula is C17H24IN3O2. The van der Waals surface area contributed by atoms with E-state index in [1.165, 1.54) is 12.8 Å². The highest BCUT2D eigenvalue weighted by Gasteiger charge is 2.23. The second-order valence-corrected chi connectivity index (χ2v) is 5.21. The minimum Gasteiger partial charge on any atom is -0.497 e. The Labute approximate surface area is 155 Å². The van der Waals surface area contributed by atoms with Crippen molar-refractivity contribution in [3.8, 4) is 23.8 Å². The number of halogens is 1. The molecule has 0 spiro atoms. The Hall–Kier alpha value is -1.62. The molecule has 0 aliphatic heterocycles. The molecule has 0 unspecified atom stereocenters. The maximum absolute atomic E-state index is 5.73. The molecule has 0 amide bonds. The largest absolute Gasteiger partial charge is 0.497 e. The number of guanidine groups is 1. The number of nitrogens with one attached hydrogen (secondary N) is 1. The lowest BCUT2D eigenvalue weighted by Crippen LogP contribution is -2.42. The Morgan fingerprint density at radius 2 is 2.00 bits per heavy atom. The molecule has 126 valence electrons. The summed E-state index contributed by atoms with van der Waals surface area (Å²) in [4.78, 5) is 6.43. The van der Waals surface area contributed by atoms with Crippen LogP contribution in [0, 0.1) is 12.3 Å². The SMILES string of the molecule is C#CCN=C(NC1CC1)N(C)CCOc1ccc(OC)cc1.I. The van der Waals surface area contributed by atoms with Gasteiger partial charge in [0.15, 0.2) is 5.96 Å². The van der Waals surface area contributed by atoms with Gasteiger partial charge in [0, 0.05) is 13.1 Å². The first kappa shape index (κ1) is 19.4. The monoisotopic (exact) mass is 429 g/mol. The van der Waals surface area contributed by atoms with Crippen LogP contribution < -0.4 is 14.8 Å². The Balaban J connectivity index is 0.00000264. The molecule has 1 saturated carbocycles. The molecule has 1 fully saturated rings. The molecule has 1 aromatic carbocycles. The number of hydrogen-bond donors (Lipinski definition) is 1. The zero-order chi connectivity index (χ0) is 15.8. The van der Waals surface area contributed by atoms with Crippen LogP contribution in [0.25, 0.3) is 0 Å². The molecular weight excluding hydrogens is 405 g/mol. The number of aliphatic imine (C=N–C) groups is 1. The van der Waals surface area contributed by atoms with E-state index in [9.17, 15) is 0 Å². The third-order valence-corrected chi connectivity index (χ3v) is 3.35. The minimum absolute atomic E-state index is 0. The van der Waals surface area contributed by atoms with Crippen molar-refractivity contribution in [2.24, 2.45) is 4.99 Å². The van der Waals surface area contributed by atoms with Crippen molar-refractivity contribution in [2.45, 2.75) is 18.9 Å². The first-order chi connectivity index (χ1) is 10.7. The van der Waals surface area contributed by atoms with Gasteiger partial charge in [0.1, 0.15) is 24.7 Å². The summed E-state index contributed by atoms with van der Waals surface area (Å²) in [5.41, 5.74) is 0. The van der Waals surface area contributed by atoms with E-state index in [1.807, 2.05) is 36.2 Å². The number of methoxy groups -OCH3 is 1. The van der Waals surface area contributed by atoms with E-state index in [2.05, 4.69) is 16.2 Å². The van der Waals surface area contributed by atoms with Gasteiger partial charge in [-0.2, -0.15) is 0 Å². The van der Waals surface area contributed by atoms with Gasteiger partial charge in [0.05, 0.1) is 13.7 Å². The quantitative estimate of drug-likeness (QED) is 0.313. The van der Waals surface area contributed by atoms with E-state index in [1.54, 1.807) is 7.11 Å². The molecule has 0 atom stereocenters. The first-order valence-corrected chi connectivity index (χ1v) is 7.45. The van der Waals surface area contributed by atoms with E-state index in [4.69, 9.17) is 15.9 Å². The summed E-state index contributed by atoms with van der Waals surface area (Å²) in [5, 5.41) is 3.40. The van der Waals surface area contributed by atoms with Crippen molar-refractivity contribution in [1.82, 2.24) is 10.2 Å². The van der Waals surface area contributed by atoms with Crippen LogP contribution in [-0.4, -0.2) is 50.8 Å². The molecule has 0 heterocycles. The van der Waals surface area contributed by atoms with Crippen LogP contribution in [-0.2, 0) is 0 Å². The zero-order valence-electron chi connectivity index (χ0n) is 13.6. The second-order valence-electron chi connectivity index (χ2n) is 5.21. The molecule has 23 heavy (non-hydrogen) atoms. The van der Waals surface area contributed by atoms with E-state index in [0.29, 0.717) is 19.2 Å². The maximum atomic E-state index is 5.73. The highest BCUT2D eigenvalue weighted by Crippen LogP contribution is 2.19. The smallest absolute Gasteiger partial charge is 0.194 e. The summed E-state index contributed by atoms with van der Waals surface area (Å²) >= 11 is 0. The number of terminal acetylenes is 1. The van der Waals surface area contributed by atoms with Gasteiger partial charge in [-0.3, -0.25) is 0 Å². The molecule has 6 heteroatoms. The van der Waals surface area contributed by atoms with Crippen LogP contribution in [0.5, 0.6) is 11.5 Å². The van der Waals surface area contributed by atoms with Crippen LogP contribution in [0.15, 0.2) is 29.3 Å². The molecule has 0 radical (unpaired) electrons. The molecule has 0 aromatic heterocycles. The van der Waals surface area contributed by atoms with Gasteiger partial charge in [-0.05, 0) is 37.1 Å². The molecule has 1 aliphatic rings. The Kier molecular flexibility index (Phi) is 8.62. The molecule has 1 N–H and O–H groups in total. The van der Waals surface area contributed by atoms with Crippen molar-refractivity contribution in [2.75, 3.05) is 33.9 Å². The van der Waals surface area contributed by atoms with Gasteiger partial charge >= 0.3 is 0 Å². The van der Waals surface area contributed by atoms with Crippen LogP contribution in [0.1, 0.15) is 12.8 Å². The highest BCUT2D eigenvalue weighted by atomic mass is 127. The van der Waals surface area contributed by atoms with Gasteiger partial charge in [0.2, 0.25) is 0 Å². The molecule has 1 aromatic rings. The summed E-state index contributed by atoms with van der Waals surface area (Å²) in [5.74, 6) is 5.03. The molecule has 2 rings (SSSR count). The van der Waals surface area contributed by atoms with Crippen LogP contribution in [0.2, 0.25) is 0 Å².